The second-order valence-electron chi connectivity index (χ2n) is 4.46. The maximum atomic E-state index is 11.3. The van der Waals surface area contributed by atoms with Gasteiger partial charge in [-0.1, -0.05) is 19.4 Å². The Hall–Kier alpha value is -1.87. The molecule has 0 aliphatic rings. The van der Waals surface area contributed by atoms with E-state index < -0.39 is 0 Å². The molecule has 0 atom stereocenters. The molecule has 0 saturated carbocycles. The van der Waals surface area contributed by atoms with Crippen LogP contribution in [0.1, 0.15) is 25.1 Å². The first kappa shape index (κ1) is 14.5. The molecule has 0 fully saturated rings. The van der Waals surface area contributed by atoms with Crippen molar-refractivity contribution >= 4 is 17.3 Å². The minimum atomic E-state index is -0.346. The fraction of sp³-hybridized carbons (Fsp3) is 0.235. The zero-order chi connectivity index (χ0) is 14.4. The summed E-state index contributed by atoms with van der Waals surface area (Å²) in [5.41, 5.74) is 1.16. The Morgan fingerprint density at radius 1 is 1.20 bits per heavy atom. The lowest BCUT2D eigenvalue weighted by molar-refractivity contribution is -0.129. The van der Waals surface area contributed by atoms with Crippen molar-refractivity contribution in [1.29, 1.82) is 0 Å². The van der Waals surface area contributed by atoms with Gasteiger partial charge in [0.05, 0.1) is 0 Å². The van der Waals surface area contributed by atoms with Crippen LogP contribution >= 0.6 is 11.3 Å². The van der Waals surface area contributed by atoms with Gasteiger partial charge in [0.1, 0.15) is 5.75 Å². The van der Waals surface area contributed by atoms with E-state index in [2.05, 4.69) is 19.1 Å². The lowest BCUT2D eigenvalue weighted by Crippen LogP contribution is -2.03. The van der Waals surface area contributed by atoms with Crippen molar-refractivity contribution in [2.45, 2.75) is 26.7 Å². The smallest absolute Gasteiger partial charge is 0.335 e. The van der Waals surface area contributed by atoms with Gasteiger partial charge in [-0.25, -0.2) is 4.79 Å². The third-order valence-electron chi connectivity index (χ3n) is 2.82. The number of hydrogen-bond acceptors (Lipinski definition) is 3. The number of hydrogen-bond donors (Lipinski definition) is 0. The Balaban J connectivity index is 2.08. The molecule has 20 heavy (non-hydrogen) atoms. The predicted molar refractivity (Wildman–Crippen MR) is 84.2 cm³/mol. The molecule has 2 aromatic rings. The highest BCUT2D eigenvalue weighted by atomic mass is 32.1. The van der Waals surface area contributed by atoms with Crippen molar-refractivity contribution in [1.82, 2.24) is 0 Å². The van der Waals surface area contributed by atoms with Crippen LogP contribution in [0.3, 0.4) is 0 Å². The molecule has 0 bridgehead atoms. The van der Waals surface area contributed by atoms with Crippen molar-refractivity contribution in [3.05, 3.63) is 53.4 Å². The lowest BCUT2D eigenvalue weighted by Gasteiger charge is -2.02. The van der Waals surface area contributed by atoms with E-state index in [1.807, 2.05) is 35.6 Å². The number of carbonyl (C=O) groups excluding carboxylic acids is 1. The largest absolute Gasteiger partial charge is 0.423 e. The van der Waals surface area contributed by atoms with E-state index in [4.69, 9.17) is 4.74 Å². The molecule has 1 aromatic carbocycles. The summed E-state index contributed by atoms with van der Waals surface area (Å²) in [6.45, 7) is 3.97. The first-order valence-electron chi connectivity index (χ1n) is 6.76. The molecular weight excluding hydrogens is 268 g/mol. The summed E-state index contributed by atoms with van der Waals surface area (Å²) in [4.78, 5) is 14.0. The monoisotopic (exact) mass is 286 g/mol. The fourth-order valence-electron chi connectivity index (χ4n) is 1.89. The lowest BCUT2D eigenvalue weighted by atomic mass is 10.2. The molecule has 0 spiro atoms. The van der Waals surface area contributed by atoms with Crippen LogP contribution in [-0.4, -0.2) is 5.97 Å². The summed E-state index contributed by atoms with van der Waals surface area (Å²) in [5.74, 6) is 0.226. The minimum absolute atomic E-state index is 0.346. The molecule has 104 valence electrons. The summed E-state index contributed by atoms with van der Waals surface area (Å²) in [6.07, 6.45) is 5.37. The second kappa shape index (κ2) is 7.06. The highest BCUT2D eigenvalue weighted by Crippen LogP contribution is 2.30. The minimum Gasteiger partial charge on any atom is -0.423 e. The van der Waals surface area contributed by atoms with E-state index in [9.17, 15) is 4.79 Å². The Kier molecular flexibility index (Phi) is 5.13. The van der Waals surface area contributed by atoms with Crippen molar-refractivity contribution in [3.63, 3.8) is 0 Å². The van der Waals surface area contributed by atoms with Gasteiger partial charge in [0.2, 0.25) is 0 Å². The third kappa shape index (κ3) is 3.81. The maximum absolute atomic E-state index is 11.3. The van der Waals surface area contributed by atoms with Crippen molar-refractivity contribution < 1.29 is 9.53 Å². The maximum Gasteiger partial charge on any atom is 0.335 e. The standard InChI is InChI=1S/C17H18O2S/c1-3-5-15-11-12-16(20-15)13-7-9-14(10-8-13)19-17(18)6-4-2/h4,6-12H,3,5H2,1-2H3. The van der Waals surface area contributed by atoms with Gasteiger partial charge in [0, 0.05) is 15.8 Å². The van der Waals surface area contributed by atoms with Crippen LogP contribution in [0.5, 0.6) is 5.75 Å². The van der Waals surface area contributed by atoms with Crippen molar-refractivity contribution in [2.24, 2.45) is 0 Å². The number of thiophene rings is 1. The van der Waals surface area contributed by atoms with Crippen LogP contribution in [0.25, 0.3) is 10.4 Å². The molecule has 0 aliphatic heterocycles. The Labute approximate surface area is 123 Å². The first-order valence-corrected chi connectivity index (χ1v) is 7.58. The molecule has 0 saturated heterocycles. The van der Waals surface area contributed by atoms with Gasteiger partial charge in [-0.05, 0) is 55.3 Å². The van der Waals surface area contributed by atoms with Crippen molar-refractivity contribution in [3.8, 4) is 16.2 Å². The van der Waals surface area contributed by atoms with E-state index in [0.717, 1.165) is 12.0 Å². The molecular formula is C17H18O2S. The van der Waals surface area contributed by atoms with E-state index in [-0.39, 0.29) is 5.97 Å². The average Bonchev–Trinajstić information content (AvgIpc) is 2.89. The summed E-state index contributed by atoms with van der Waals surface area (Å²) in [5, 5.41) is 0. The summed E-state index contributed by atoms with van der Waals surface area (Å²) < 4.78 is 5.17. The molecule has 0 aliphatic carbocycles. The average molecular weight is 286 g/mol. The van der Waals surface area contributed by atoms with Gasteiger partial charge >= 0.3 is 5.97 Å². The second-order valence-corrected chi connectivity index (χ2v) is 5.63. The molecule has 0 unspecified atom stereocenters. The van der Waals surface area contributed by atoms with E-state index >= 15 is 0 Å². The zero-order valence-corrected chi connectivity index (χ0v) is 12.6. The van der Waals surface area contributed by atoms with Crippen LogP contribution in [0.2, 0.25) is 0 Å². The number of ether oxygens (including phenoxy) is 1. The summed E-state index contributed by atoms with van der Waals surface area (Å²) in [6, 6.07) is 12.0. The van der Waals surface area contributed by atoms with Crippen molar-refractivity contribution in [2.75, 3.05) is 0 Å². The number of benzene rings is 1. The highest BCUT2D eigenvalue weighted by molar-refractivity contribution is 7.15. The molecule has 1 heterocycles. The molecule has 0 amide bonds. The first-order chi connectivity index (χ1) is 9.72. The molecule has 0 radical (unpaired) electrons. The predicted octanol–water partition coefficient (Wildman–Crippen LogP) is 4.85. The molecule has 2 nitrogen and oxygen atoms in total. The van der Waals surface area contributed by atoms with E-state index in [1.54, 1.807) is 13.0 Å². The zero-order valence-electron chi connectivity index (χ0n) is 11.8. The van der Waals surface area contributed by atoms with Crippen LogP contribution in [0.4, 0.5) is 0 Å². The quantitative estimate of drug-likeness (QED) is 0.446. The number of aryl methyl sites for hydroxylation is 1. The van der Waals surface area contributed by atoms with Gasteiger partial charge in [0.15, 0.2) is 0 Å². The van der Waals surface area contributed by atoms with E-state index in [1.165, 1.54) is 22.3 Å². The number of rotatable bonds is 5. The van der Waals surface area contributed by atoms with Gasteiger partial charge < -0.3 is 4.74 Å². The Morgan fingerprint density at radius 2 is 1.95 bits per heavy atom. The number of carbonyl (C=O) groups is 1. The van der Waals surface area contributed by atoms with Gasteiger partial charge in [-0.15, -0.1) is 11.3 Å². The molecule has 1 aromatic heterocycles. The summed E-state index contributed by atoms with van der Waals surface area (Å²) in [7, 11) is 0. The van der Waals surface area contributed by atoms with Crippen LogP contribution < -0.4 is 4.74 Å². The number of allylic oxidation sites excluding steroid dienone is 1. The van der Waals surface area contributed by atoms with Gasteiger partial charge in [-0.2, -0.15) is 0 Å². The Bertz CT molecular complexity index is 594. The van der Waals surface area contributed by atoms with Crippen LogP contribution in [0.15, 0.2) is 48.6 Å². The number of esters is 1. The van der Waals surface area contributed by atoms with E-state index in [0.29, 0.717) is 5.75 Å². The van der Waals surface area contributed by atoms with Gasteiger partial charge in [-0.3, -0.25) is 0 Å². The highest BCUT2D eigenvalue weighted by Gasteiger charge is 2.04. The molecule has 2 rings (SSSR count). The molecule has 3 heteroatoms. The topological polar surface area (TPSA) is 26.3 Å². The Morgan fingerprint density at radius 3 is 2.60 bits per heavy atom. The van der Waals surface area contributed by atoms with Crippen LogP contribution in [-0.2, 0) is 11.2 Å². The molecule has 0 N–H and O–H groups in total. The van der Waals surface area contributed by atoms with Crippen LogP contribution in [0, 0.1) is 0 Å². The van der Waals surface area contributed by atoms with Gasteiger partial charge in [0.25, 0.3) is 0 Å². The summed E-state index contributed by atoms with van der Waals surface area (Å²) >= 11 is 1.82. The SMILES string of the molecule is CC=CC(=O)Oc1ccc(-c2ccc(CCC)s2)cc1. The third-order valence-corrected chi connectivity index (χ3v) is 4.01. The normalized spacial score (nSPS) is 10.9. The fourth-order valence-corrected chi connectivity index (χ4v) is 3.00.